The normalized spacial score (nSPS) is 21.1. The summed E-state index contributed by atoms with van der Waals surface area (Å²) in [6.07, 6.45) is 0. The van der Waals surface area contributed by atoms with Crippen molar-refractivity contribution in [3.63, 3.8) is 0 Å². The lowest BCUT2D eigenvalue weighted by molar-refractivity contribution is -0.118. The Kier molecular flexibility index (Phi) is 2.87. The average Bonchev–Trinajstić information content (AvgIpc) is 2.16. The van der Waals surface area contributed by atoms with Crippen LogP contribution in [0.25, 0.3) is 0 Å². The lowest BCUT2D eigenvalue weighted by Crippen LogP contribution is -2.35. The number of ketones is 1. The summed E-state index contributed by atoms with van der Waals surface area (Å²) in [5.74, 6) is 0.788. The first-order valence-corrected chi connectivity index (χ1v) is 5.46. The third kappa shape index (κ3) is 2.26. The molecular weight excluding hydrogens is 186 g/mol. The molecule has 0 aromatic heterocycles. The van der Waals surface area contributed by atoms with Crippen molar-refractivity contribution in [1.29, 1.82) is 0 Å². The van der Waals surface area contributed by atoms with E-state index in [0.717, 1.165) is 13.1 Å². The number of fused-ring (bicyclic) bond motifs is 1. The van der Waals surface area contributed by atoms with Crippen LogP contribution in [0.1, 0.15) is 30.9 Å². The zero-order valence-electron chi connectivity index (χ0n) is 9.36. The van der Waals surface area contributed by atoms with Gasteiger partial charge < -0.3 is 0 Å². The van der Waals surface area contributed by atoms with E-state index in [-0.39, 0.29) is 5.78 Å². The smallest absolute Gasteiger partial charge is 0.143 e. The van der Waals surface area contributed by atoms with E-state index in [9.17, 15) is 4.79 Å². The van der Waals surface area contributed by atoms with Crippen LogP contribution < -0.4 is 0 Å². The van der Waals surface area contributed by atoms with Gasteiger partial charge >= 0.3 is 0 Å². The SMILES string of the molecule is CC(=O)CN1Cc2ccccc2[C@H](C)C1. The van der Waals surface area contributed by atoms with Crippen LogP contribution in [0, 0.1) is 0 Å². The molecule has 80 valence electrons. The van der Waals surface area contributed by atoms with Crippen LogP contribution in [0.5, 0.6) is 0 Å². The van der Waals surface area contributed by atoms with E-state index in [0.29, 0.717) is 12.5 Å². The van der Waals surface area contributed by atoms with Gasteiger partial charge in [-0.25, -0.2) is 0 Å². The molecule has 2 rings (SSSR count). The van der Waals surface area contributed by atoms with E-state index in [4.69, 9.17) is 0 Å². The summed E-state index contributed by atoms with van der Waals surface area (Å²) in [5.41, 5.74) is 2.81. The maximum absolute atomic E-state index is 11.1. The number of hydrogen-bond acceptors (Lipinski definition) is 2. The molecule has 0 N–H and O–H groups in total. The van der Waals surface area contributed by atoms with E-state index in [1.807, 2.05) is 0 Å². The maximum Gasteiger partial charge on any atom is 0.143 e. The first-order chi connectivity index (χ1) is 7.16. The molecule has 1 atom stereocenters. The number of carbonyl (C=O) groups is 1. The topological polar surface area (TPSA) is 20.3 Å². The predicted octanol–water partition coefficient (Wildman–Crippen LogP) is 2.19. The molecule has 0 fully saturated rings. The number of rotatable bonds is 2. The number of nitrogens with zero attached hydrogens (tertiary/aromatic N) is 1. The van der Waals surface area contributed by atoms with Gasteiger partial charge in [0, 0.05) is 13.1 Å². The van der Waals surface area contributed by atoms with Crippen LogP contribution in [0.3, 0.4) is 0 Å². The lowest BCUT2D eigenvalue weighted by Gasteiger charge is -2.32. The number of hydrogen-bond donors (Lipinski definition) is 0. The Morgan fingerprint density at radius 3 is 2.93 bits per heavy atom. The van der Waals surface area contributed by atoms with Gasteiger partial charge in [0.2, 0.25) is 0 Å². The molecule has 1 heterocycles. The molecular formula is C13H17NO. The van der Waals surface area contributed by atoms with Crippen LogP contribution in [0.4, 0.5) is 0 Å². The van der Waals surface area contributed by atoms with Crippen molar-refractivity contribution in [2.75, 3.05) is 13.1 Å². The van der Waals surface area contributed by atoms with E-state index in [1.54, 1.807) is 6.92 Å². The molecule has 15 heavy (non-hydrogen) atoms. The summed E-state index contributed by atoms with van der Waals surface area (Å²) in [6.45, 7) is 6.38. The Bertz CT molecular complexity index is 373. The van der Waals surface area contributed by atoms with Crippen molar-refractivity contribution in [3.05, 3.63) is 35.4 Å². The molecule has 1 aromatic rings. The van der Waals surface area contributed by atoms with Crippen LogP contribution in [0.15, 0.2) is 24.3 Å². The summed E-state index contributed by atoms with van der Waals surface area (Å²) in [5, 5.41) is 0. The highest BCUT2D eigenvalue weighted by Gasteiger charge is 2.21. The molecule has 0 spiro atoms. The molecule has 0 bridgehead atoms. The Balaban J connectivity index is 2.19. The van der Waals surface area contributed by atoms with Crippen LogP contribution in [-0.4, -0.2) is 23.8 Å². The van der Waals surface area contributed by atoms with Crippen molar-refractivity contribution < 1.29 is 4.79 Å². The standard InChI is InChI=1S/C13H17NO/c1-10-7-14(8-11(2)15)9-12-5-3-4-6-13(10)12/h3-6,10H,7-9H2,1-2H3/t10-/m1/s1. The highest BCUT2D eigenvalue weighted by molar-refractivity contribution is 5.77. The minimum Gasteiger partial charge on any atom is -0.299 e. The quantitative estimate of drug-likeness (QED) is 0.734. The van der Waals surface area contributed by atoms with Gasteiger partial charge in [-0.15, -0.1) is 0 Å². The maximum atomic E-state index is 11.1. The number of carbonyl (C=O) groups excluding carboxylic acids is 1. The summed E-state index contributed by atoms with van der Waals surface area (Å²) in [6, 6.07) is 8.53. The molecule has 0 saturated carbocycles. The Morgan fingerprint density at radius 1 is 1.47 bits per heavy atom. The fourth-order valence-electron chi connectivity index (χ4n) is 2.39. The summed E-state index contributed by atoms with van der Waals surface area (Å²) >= 11 is 0. The van der Waals surface area contributed by atoms with Gasteiger partial charge in [-0.2, -0.15) is 0 Å². The fraction of sp³-hybridized carbons (Fsp3) is 0.462. The third-order valence-electron chi connectivity index (χ3n) is 2.96. The van der Waals surface area contributed by atoms with Gasteiger partial charge in [0.25, 0.3) is 0 Å². The van der Waals surface area contributed by atoms with E-state index < -0.39 is 0 Å². The minimum atomic E-state index is 0.251. The fourth-order valence-corrected chi connectivity index (χ4v) is 2.39. The van der Waals surface area contributed by atoms with E-state index in [2.05, 4.69) is 36.1 Å². The highest BCUT2D eigenvalue weighted by Crippen LogP contribution is 2.27. The summed E-state index contributed by atoms with van der Waals surface area (Å²) < 4.78 is 0. The van der Waals surface area contributed by atoms with Gasteiger partial charge in [0.1, 0.15) is 5.78 Å². The average molecular weight is 203 g/mol. The predicted molar refractivity (Wildman–Crippen MR) is 60.8 cm³/mol. The molecule has 0 aliphatic carbocycles. The molecule has 0 unspecified atom stereocenters. The molecule has 1 aliphatic heterocycles. The van der Waals surface area contributed by atoms with E-state index in [1.165, 1.54) is 11.1 Å². The molecule has 2 nitrogen and oxygen atoms in total. The van der Waals surface area contributed by atoms with Gasteiger partial charge in [0.15, 0.2) is 0 Å². The minimum absolute atomic E-state index is 0.251. The molecule has 2 heteroatoms. The Labute approximate surface area is 90.9 Å². The molecule has 0 radical (unpaired) electrons. The Morgan fingerprint density at radius 2 is 2.20 bits per heavy atom. The second-order valence-corrected chi connectivity index (χ2v) is 4.47. The monoisotopic (exact) mass is 203 g/mol. The van der Waals surface area contributed by atoms with E-state index >= 15 is 0 Å². The van der Waals surface area contributed by atoms with Crippen molar-refractivity contribution >= 4 is 5.78 Å². The second kappa shape index (κ2) is 4.15. The van der Waals surface area contributed by atoms with Gasteiger partial charge in [-0.3, -0.25) is 9.69 Å². The van der Waals surface area contributed by atoms with Crippen LogP contribution in [-0.2, 0) is 11.3 Å². The first kappa shape index (κ1) is 10.4. The van der Waals surface area contributed by atoms with Gasteiger partial charge in [-0.1, -0.05) is 31.2 Å². The first-order valence-electron chi connectivity index (χ1n) is 5.46. The largest absolute Gasteiger partial charge is 0.299 e. The zero-order valence-corrected chi connectivity index (χ0v) is 9.36. The van der Waals surface area contributed by atoms with Crippen molar-refractivity contribution in [1.82, 2.24) is 4.90 Å². The zero-order chi connectivity index (χ0) is 10.8. The summed E-state index contributed by atoms with van der Waals surface area (Å²) in [7, 11) is 0. The number of benzene rings is 1. The van der Waals surface area contributed by atoms with Crippen molar-refractivity contribution in [2.45, 2.75) is 26.3 Å². The summed E-state index contributed by atoms with van der Waals surface area (Å²) in [4.78, 5) is 13.3. The third-order valence-corrected chi connectivity index (χ3v) is 2.96. The van der Waals surface area contributed by atoms with Crippen LogP contribution >= 0.6 is 0 Å². The highest BCUT2D eigenvalue weighted by atomic mass is 16.1. The molecule has 0 amide bonds. The molecule has 0 saturated heterocycles. The molecule has 1 aromatic carbocycles. The lowest BCUT2D eigenvalue weighted by atomic mass is 9.91. The molecule has 1 aliphatic rings. The van der Waals surface area contributed by atoms with Gasteiger partial charge in [0.05, 0.1) is 6.54 Å². The van der Waals surface area contributed by atoms with Crippen LogP contribution in [0.2, 0.25) is 0 Å². The number of Topliss-reactive ketones (excluding diaryl/α,β-unsaturated/α-hetero) is 1. The Hall–Kier alpha value is -1.15. The van der Waals surface area contributed by atoms with Crippen molar-refractivity contribution in [2.24, 2.45) is 0 Å². The van der Waals surface area contributed by atoms with Gasteiger partial charge in [-0.05, 0) is 24.0 Å². The second-order valence-electron chi connectivity index (χ2n) is 4.47. The van der Waals surface area contributed by atoms with Crippen molar-refractivity contribution in [3.8, 4) is 0 Å².